The smallest absolute Gasteiger partial charge is 0.0336 e. The Kier molecular flexibility index (Phi) is 7.62. The van der Waals surface area contributed by atoms with E-state index >= 15 is 0 Å². The maximum absolute atomic E-state index is 5.80. The molecule has 1 aliphatic heterocycles. The summed E-state index contributed by atoms with van der Waals surface area (Å²) in [7, 11) is 0. The Bertz CT molecular complexity index is 383. The Morgan fingerprint density at radius 3 is 2.57 bits per heavy atom. The monoisotopic (exact) mass is 306 g/mol. The van der Waals surface area contributed by atoms with Gasteiger partial charge in [-0.2, -0.15) is 0 Å². The molecule has 2 unspecified atom stereocenters. The van der Waals surface area contributed by atoms with Gasteiger partial charge in [0.05, 0.1) is 0 Å². The van der Waals surface area contributed by atoms with E-state index in [2.05, 4.69) is 36.6 Å². The molecule has 118 valence electrons. The first kappa shape index (κ1) is 16.9. The molecule has 0 saturated carbocycles. The maximum Gasteiger partial charge on any atom is 0.0336 e. The zero-order chi connectivity index (χ0) is 14.9. The molecule has 0 radical (unpaired) electrons. The van der Waals surface area contributed by atoms with Crippen molar-refractivity contribution in [1.82, 2.24) is 5.43 Å². The van der Waals surface area contributed by atoms with Crippen LogP contribution >= 0.6 is 11.8 Å². The number of nitrogens with one attached hydrogen (secondary N) is 1. The second-order valence-corrected chi connectivity index (χ2v) is 7.43. The normalized spacial score (nSPS) is 18.7. The quantitative estimate of drug-likeness (QED) is 0.374. The molecule has 3 heteroatoms. The van der Waals surface area contributed by atoms with Crippen LogP contribution in [0, 0.1) is 0 Å². The minimum absolute atomic E-state index is 0.443. The number of hydrogen-bond donors (Lipinski definition) is 2. The lowest BCUT2D eigenvalue weighted by Crippen LogP contribution is -2.42. The van der Waals surface area contributed by atoms with E-state index in [0.717, 1.165) is 6.42 Å². The standard InChI is InChI=1S/C18H30N2S/c1-2-3-4-5-6-7-8-12-16(20-19)18-14-15-11-9-10-13-17(15)21-18/h9-11,13,16,18,20H,2-8,12,14,19H2,1H3. The van der Waals surface area contributed by atoms with E-state index in [-0.39, 0.29) is 0 Å². The summed E-state index contributed by atoms with van der Waals surface area (Å²) < 4.78 is 0. The van der Waals surface area contributed by atoms with E-state index in [4.69, 9.17) is 5.84 Å². The van der Waals surface area contributed by atoms with Gasteiger partial charge in [-0.25, -0.2) is 0 Å². The van der Waals surface area contributed by atoms with Crippen LogP contribution in [-0.2, 0) is 6.42 Å². The highest BCUT2D eigenvalue weighted by Gasteiger charge is 2.28. The Balaban J connectivity index is 1.65. The molecule has 0 spiro atoms. The molecule has 2 atom stereocenters. The summed E-state index contributed by atoms with van der Waals surface area (Å²) >= 11 is 2.00. The molecule has 2 rings (SSSR count). The molecular weight excluding hydrogens is 276 g/mol. The average Bonchev–Trinajstić information content (AvgIpc) is 2.94. The van der Waals surface area contributed by atoms with Crippen LogP contribution in [0.25, 0.3) is 0 Å². The van der Waals surface area contributed by atoms with Gasteiger partial charge in [0, 0.05) is 16.2 Å². The van der Waals surface area contributed by atoms with Crippen LogP contribution in [0.15, 0.2) is 29.2 Å². The first-order chi connectivity index (χ1) is 10.3. The molecule has 0 bridgehead atoms. The number of unbranched alkanes of at least 4 members (excludes halogenated alkanes) is 6. The van der Waals surface area contributed by atoms with Crippen LogP contribution in [-0.4, -0.2) is 11.3 Å². The highest BCUT2D eigenvalue weighted by atomic mass is 32.2. The first-order valence-electron chi connectivity index (χ1n) is 8.56. The summed E-state index contributed by atoms with van der Waals surface area (Å²) in [5, 5.41) is 0.604. The van der Waals surface area contributed by atoms with Crippen molar-refractivity contribution in [1.29, 1.82) is 0 Å². The van der Waals surface area contributed by atoms with Gasteiger partial charge < -0.3 is 0 Å². The number of fused-ring (bicyclic) bond motifs is 1. The lowest BCUT2D eigenvalue weighted by molar-refractivity contribution is 0.449. The Morgan fingerprint density at radius 1 is 1.14 bits per heavy atom. The van der Waals surface area contributed by atoms with E-state index in [1.165, 1.54) is 61.8 Å². The Hall–Kier alpha value is -0.510. The molecule has 1 aliphatic rings. The van der Waals surface area contributed by atoms with Gasteiger partial charge in [0.25, 0.3) is 0 Å². The Labute approximate surface area is 134 Å². The number of rotatable bonds is 10. The summed E-state index contributed by atoms with van der Waals surface area (Å²) in [6.45, 7) is 2.27. The van der Waals surface area contributed by atoms with Gasteiger partial charge in [0.2, 0.25) is 0 Å². The summed E-state index contributed by atoms with van der Waals surface area (Å²) in [6, 6.07) is 9.21. The fourth-order valence-corrected chi connectivity index (χ4v) is 4.56. The molecule has 2 nitrogen and oxygen atoms in total. The molecule has 0 aromatic heterocycles. The van der Waals surface area contributed by atoms with Crippen molar-refractivity contribution >= 4 is 11.8 Å². The van der Waals surface area contributed by atoms with Crippen LogP contribution in [0.1, 0.15) is 63.9 Å². The largest absolute Gasteiger partial charge is 0.271 e. The SMILES string of the molecule is CCCCCCCCCC(NN)C1Cc2ccccc2S1. The molecular formula is C18H30N2S. The minimum atomic E-state index is 0.443. The lowest BCUT2D eigenvalue weighted by atomic mass is 10.00. The van der Waals surface area contributed by atoms with Crippen molar-refractivity contribution in [3.8, 4) is 0 Å². The lowest BCUT2D eigenvalue weighted by Gasteiger charge is -2.21. The number of benzene rings is 1. The van der Waals surface area contributed by atoms with E-state index < -0.39 is 0 Å². The van der Waals surface area contributed by atoms with Gasteiger partial charge >= 0.3 is 0 Å². The molecule has 0 saturated heterocycles. The summed E-state index contributed by atoms with van der Waals surface area (Å²) in [5.41, 5.74) is 4.56. The van der Waals surface area contributed by atoms with Gasteiger partial charge in [-0.1, -0.05) is 70.1 Å². The number of thioether (sulfide) groups is 1. The third-order valence-corrected chi connectivity index (χ3v) is 5.90. The van der Waals surface area contributed by atoms with Crippen molar-refractivity contribution in [2.24, 2.45) is 5.84 Å². The Morgan fingerprint density at radius 2 is 1.86 bits per heavy atom. The van der Waals surface area contributed by atoms with Crippen LogP contribution in [0.5, 0.6) is 0 Å². The summed E-state index contributed by atoms with van der Waals surface area (Å²) in [4.78, 5) is 1.45. The van der Waals surface area contributed by atoms with Gasteiger partial charge in [0.15, 0.2) is 0 Å². The molecule has 0 aliphatic carbocycles. The molecule has 1 heterocycles. The van der Waals surface area contributed by atoms with Crippen molar-refractivity contribution in [2.75, 3.05) is 0 Å². The predicted molar refractivity (Wildman–Crippen MR) is 93.5 cm³/mol. The van der Waals surface area contributed by atoms with Crippen LogP contribution in [0.3, 0.4) is 0 Å². The number of hydrogen-bond acceptors (Lipinski definition) is 3. The highest BCUT2D eigenvalue weighted by molar-refractivity contribution is 8.00. The van der Waals surface area contributed by atoms with Crippen molar-refractivity contribution < 1.29 is 0 Å². The van der Waals surface area contributed by atoms with E-state index in [1.807, 2.05) is 11.8 Å². The summed E-state index contributed by atoms with van der Waals surface area (Å²) in [6.07, 6.45) is 11.9. The van der Waals surface area contributed by atoms with E-state index in [1.54, 1.807) is 0 Å². The molecule has 0 fully saturated rings. The van der Waals surface area contributed by atoms with Gasteiger partial charge in [-0.15, -0.1) is 11.8 Å². The minimum Gasteiger partial charge on any atom is -0.271 e. The fraction of sp³-hybridized carbons (Fsp3) is 0.667. The van der Waals surface area contributed by atoms with Crippen LogP contribution in [0.2, 0.25) is 0 Å². The van der Waals surface area contributed by atoms with E-state index in [0.29, 0.717) is 11.3 Å². The van der Waals surface area contributed by atoms with Crippen molar-refractivity contribution in [3.63, 3.8) is 0 Å². The zero-order valence-corrected chi connectivity index (χ0v) is 14.1. The molecule has 21 heavy (non-hydrogen) atoms. The fourth-order valence-electron chi connectivity index (χ4n) is 3.13. The van der Waals surface area contributed by atoms with Crippen molar-refractivity contribution in [2.45, 2.75) is 80.9 Å². The average molecular weight is 307 g/mol. The number of nitrogens with two attached hydrogens (primary N) is 1. The second kappa shape index (κ2) is 9.50. The van der Waals surface area contributed by atoms with Crippen molar-refractivity contribution in [3.05, 3.63) is 29.8 Å². The predicted octanol–water partition coefficient (Wildman–Crippen LogP) is 4.68. The van der Waals surface area contributed by atoms with Gasteiger partial charge in [-0.3, -0.25) is 11.3 Å². The summed E-state index contributed by atoms with van der Waals surface area (Å²) in [5.74, 6) is 5.80. The third-order valence-electron chi connectivity index (χ3n) is 4.45. The third kappa shape index (κ3) is 5.32. The first-order valence-corrected chi connectivity index (χ1v) is 9.43. The molecule has 0 amide bonds. The molecule has 1 aromatic rings. The topological polar surface area (TPSA) is 38.0 Å². The van der Waals surface area contributed by atoms with Crippen LogP contribution < -0.4 is 11.3 Å². The molecule has 1 aromatic carbocycles. The van der Waals surface area contributed by atoms with E-state index in [9.17, 15) is 0 Å². The second-order valence-electron chi connectivity index (χ2n) is 6.15. The molecule has 3 N–H and O–H groups in total. The zero-order valence-electron chi connectivity index (χ0n) is 13.3. The van der Waals surface area contributed by atoms with Crippen LogP contribution in [0.4, 0.5) is 0 Å². The number of hydrazine groups is 1. The van der Waals surface area contributed by atoms with Gasteiger partial charge in [-0.05, 0) is 24.5 Å². The highest BCUT2D eigenvalue weighted by Crippen LogP contribution is 2.39. The maximum atomic E-state index is 5.80. The van der Waals surface area contributed by atoms with Gasteiger partial charge in [0.1, 0.15) is 0 Å².